The van der Waals surface area contributed by atoms with Gasteiger partial charge in [0.2, 0.25) is 0 Å². The Morgan fingerprint density at radius 1 is 1.00 bits per heavy atom. The van der Waals surface area contributed by atoms with Gasteiger partial charge >= 0.3 is 5.97 Å². The summed E-state index contributed by atoms with van der Waals surface area (Å²) < 4.78 is 11.7. The lowest BCUT2D eigenvalue weighted by molar-refractivity contribution is 0.0691. The topological polar surface area (TPSA) is 98.3 Å². The lowest BCUT2D eigenvalue weighted by Gasteiger charge is -2.11. The molecule has 37 heavy (non-hydrogen) atoms. The highest BCUT2D eigenvalue weighted by molar-refractivity contribution is 6.38. The zero-order valence-corrected chi connectivity index (χ0v) is 21.4. The van der Waals surface area contributed by atoms with E-state index in [-0.39, 0.29) is 18.2 Å². The van der Waals surface area contributed by atoms with Gasteiger partial charge in [-0.15, -0.1) is 0 Å². The number of hydrogen-bond donors (Lipinski definition) is 1. The van der Waals surface area contributed by atoms with E-state index in [1.165, 1.54) is 18.5 Å². The van der Waals surface area contributed by atoms with Crippen LogP contribution < -0.4 is 4.74 Å². The Balaban J connectivity index is 1.38. The average Bonchev–Trinajstić information content (AvgIpc) is 3.31. The Bertz CT molecular complexity index is 1590. The molecule has 0 aliphatic carbocycles. The fourth-order valence-corrected chi connectivity index (χ4v) is 4.62. The predicted octanol–water partition coefficient (Wildman–Crippen LogP) is 7.66. The Morgan fingerprint density at radius 2 is 1.70 bits per heavy atom. The number of rotatable bonds is 7. The van der Waals surface area contributed by atoms with Crippen LogP contribution in [0.5, 0.6) is 5.75 Å². The van der Waals surface area contributed by atoms with Gasteiger partial charge < -0.3 is 14.4 Å². The summed E-state index contributed by atoms with van der Waals surface area (Å²) in [4.78, 5) is 19.4. The summed E-state index contributed by atoms with van der Waals surface area (Å²) in [5.41, 5.74) is 4.49. The highest BCUT2D eigenvalue weighted by Crippen LogP contribution is 2.38. The smallest absolute Gasteiger partial charge is 0.354 e. The van der Waals surface area contributed by atoms with Crippen LogP contribution in [0.4, 0.5) is 0 Å². The first-order chi connectivity index (χ1) is 17.8. The number of aromatic carboxylic acids is 1. The number of nitrogens with zero attached hydrogens (tertiary/aromatic N) is 3. The van der Waals surface area contributed by atoms with Crippen molar-refractivity contribution >= 4 is 40.1 Å². The molecule has 0 unspecified atom stereocenters. The number of pyridine rings is 2. The van der Waals surface area contributed by atoms with E-state index in [4.69, 9.17) is 37.6 Å². The largest absolute Gasteiger partial charge is 0.489 e. The summed E-state index contributed by atoms with van der Waals surface area (Å²) in [5.74, 6) is 0.403. The lowest BCUT2D eigenvalue weighted by Crippen LogP contribution is -2.01. The zero-order valence-electron chi connectivity index (χ0n) is 19.9. The van der Waals surface area contributed by atoms with Crippen LogP contribution in [0.3, 0.4) is 0 Å². The molecule has 0 fully saturated rings. The summed E-state index contributed by atoms with van der Waals surface area (Å²) in [7, 11) is 0. The van der Waals surface area contributed by atoms with Gasteiger partial charge in [-0.1, -0.05) is 66.5 Å². The minimum Gasteiger partial charge on any atom is -0.489 e. The van der Waals surface area contributed by atoms with Gasteiger partial charge in [0, 0.05) is 29.3 Å². The molecule has 0 saturated carbocycles. The van der Waals surface area contributed by atoms with Crippen molar-refractivity contribution in [3.8, 4) is 28.1 Å². The van der Waals surface area contributed by atoms with Gasteiger partial charge in [0.05, 0.1) is 21.1 Å². The Hall–Kier alpha value is -3.94. The molecule has 3 heterocycles. The van der Waals surface area contributed by atoms with Crippen molar-refractivity contribution in [2.45, 2.75) is 26.4 Å². The normalized spacial score (nSPS) is 11.3. The molecule has 0 radical (unpaired) electrons. The van der Waals surface area contributed by atoms with Crippen LogP contribution >= 0.6 is 23.2 Å². The lowest BCUT2D eigenvalue weighted by atomic mass is 10.0. The van der Waals surface area contributed by atoms with Crippen molar-refractivity contribution in [3.63, 3.8) is 0 Å². The van der Waals surface area contributed by atoms with Crippen LogP contribution in [-0.2, 0) is 6.61 Å². The Kier molecular flexibility index (Phi) is 6.82. The van der Waals surface area contributed by atoms with Gasteiger partial charge in [-0.05, 0) is 41.5 Å². The van der Waals surface area contributed by atoms with E-state index in [0.29, 0.717) is 38.3 Å². The SMILES string of the molecule is CC(C)c1onc(-c2c(Cl)cncc2Cl)c1COc1ccc(-c2ccc3nc(C(=O)O)ccc3c2)cc1. The van der Waals surface area contributed by atoms with E-state index in [1.807, 2.05) is 56.3 Å². The van der Waals surface area contributed by atoms with Crippen LogP contribution in [0.15, 0.2) is 71.5 Å². The minimum atomic E-state index is -1.05. The molecule has 7 nitrogen and oxygen atoms in total. The second-order valence-electron chi connectivity index (χ2n) is 8.73. The molecule has 0 saturated heterocycles. The second-order valence-corrected chi connectivity index (χ2v) is 9.54. The fraction of sp³-hybridized carbons (Fsp3) is 0.143. The number of benzene rings is 2. The Labute approximate surface area is 222 Å². The number of aromatic nitrogens is 3. The molecule has 0 aliphatic heterocycles. The van der Waals surface area contributed by atoms with E-state index in [0.717, 1.165) is 22.1 Å². The first-order valence-corrected chi connectivity index (χ1v) is 12.2. The van der Waals surface area contributed by atoms with Crippen molar-refractivity contribution in [1.82, 2.24) is 15.1 Å². The molecule has 0 atom stereocenters. The van der Waals surface area contributed by atoms with E-state index in [2.05, 4.69) is 15.1 Å². The molecule has 3 aromatic heterocycles. The maximum Gasteiger partial charge on any atom is 0.354 e. The third kappa shape index (κ3) is 5.01. The van der Waals surface area contributed by atoms with Crippen molar-refractivity contribution in [3.05, 3.63) is 94.1 Å². The summed E-state index contributed by atoms with van der Waals surface area (Å²) in [6, 6.07) is 16.7. The molecule has 0 spiro atoms. The number of fused-ring (bicyclic) bond motifs is 1. The van der Waals surface area contributed by atoms with E-state index in [1.54, 1.807) is 6.07 Å². The highest BCUT2D eigenvalue weighted by atomic mass is 35.5. The number of ether oxygens (including phenoxy) is 1. The summed E-state index contributed by atoms with van der Waals surface area (Å²) >= 11 is 12.8. The molecular formula is C28H21Cl2N3O4. The fourth-order valence-electron chi connectivity index (χ4n) is 4.07. The van der Waals surface area contributed by atoms with Gasteiger partial charge in [-0.3, -0.25) is 4.98 Å². The quantitative estimate of drug-likeness (QED) is 0.229. The van der Waals surface area contributed by atoms with Crippen LogP contribution in [0.25, 0.3) is 33.3 Å². The van der Waals surface area contributed by atoms with Crippen molar-refractivity contribution in [1.29, 1.82) is 0 Å². The number of carboxylic acids is 1. The third-order valence-electron chi connectivity index (χ3n) is 5.91. The Morgan fingerprint density at radius 3 is 2.38 bits per heavy atom. The molecule has 0 amide bonds. The van der Waals surface area contributed by atoms with Gasteiger partial charge in [0.1, 0.15) is 29.5 Å². The van der Waals surface area contributed by atoms with Crippen LogP contribution in [0.2, 0.25) is 10.0 Å². The predicted molar refractivity (Wildman–Crippen MR) is 142 cm³/mol. The monoisotopic (exact) mass is 533 g/mol. The number of carboxylic acid groups (broad SMARTS) is 1. The van der Waals surface area contributed by atoms with E-state index < -0.39 is 5.97 Å². The summed E-state index contributed by atoms with van der Waals surface area (Å²) in [5, 5.41) is 15.0. The van der Waals surface area contributed by atoms with Gasteiger partial charge in [-0.25, -0.2) is 9.78 Å². The van der Waals surface area contributed by atoms with Crippen molar-refractivity contribution in [2.24, 2.45) is 0 Å². The molecule has 2 aromatic carbocycles. The highest BCUT2D eigenvalue weighted by Gasteiger charge is 2.24. The average molecular weight is 534 g/mol. The number of carbonyl (C=O) groups is 1. The van der Waals surface area contributed by atoms with Crippen LogP contribution in [-0.4, -0.2) is 26.2 Å². The van der Waals surface area contributed by atoms with Gasteiger partial charge in [-0.2, -0.15) is 0 Å². The molecule has 9 heteroatoms. The summed E-state index contributed by atoms with van der Waals surface area (Å²) in [6.45, 7) is 4.24. The van der Waals surface area contributed by atoms with Gasteiger partial charge in [0.15, 0.2) is 0 Å². The first kappa shape index (κ1) is 24.7. The van der Waals surface area contributed by atoms with Gasteiger partial charge in [0.25, 0.3) is 0 Å². The standard InChI is InChI=1S/C28H21Cl2N3O4/c1-15(2)27-20(26(33-37-27)25-21(29)12-31-13-22(25)30)14-36-19-7-3-16(4-8-19)17-5-9-23-18(11-17)6-10-24(32-23)28(34)35/h3-13,15H,14H2,1-2H3,(H,34,35). The summed E-state index contributed by atoms with van der Waals surface area (Å²) in [6.07, 6.45) is 3.04. The first-order valence-electron chi connectivity index (χ1n) is 11.5. The molecule has 0 bridgehead atoms. The maximum atomic E-state index is 11.2. The van der Waals surface area contributed by atoms with E-state index in [9.17, 15) is 4.79 Å². The second kappa shape index (κ2) is 10.2. The van der Waals surface area contributed by atoms with E-state index >= 15 is 0 Å². The minimum absolute atomic E-state index is 0.0202. The molecular weight excluding hydrogens is 513 g/mol. The molecule has 186 valence electrons. The molecule has 5 aromatic rings. The molecule has 5 rings (SSSR count). The van der Waals surface area contributed by atoms with Crippen molar-refractivity contribution < 1.29 is 19.2 Å². The van der Waals surface area contributed by atoms with Crippen LogP contribution in [0, 0.1) is 0 Å². The third-order valence-corrected chi connectivity index (χ3v) is 6.49. The molecule has 0 aliphatic rings. The van der Waals surface area contributed by atoms with Crippen LogP contribution in [0.1, 0.15) is 41.6 Å². The zero-order chi connectivity index (χ0) is 26.1. The van der Waals surface area contributed by atoms with Crippen molar-refractivity contribution in [2.75, 3.05) is 0 Å². The maximum absolute atomic E-state index is 11.2. The number of hydrogen-bond acceptors (Lipinski definition) is 6. The number of halogens is 2. The molecule has 1 N–H and O–H groups in total.